The first kappa shape index (κ1) is 13.0. The fourth-order valence-corrected chi connectivity index (χ4v) is 2.87. The lowest BCUT2D eigenvalue weighted by atomic mass is 10.1. The van der Waals surface area contributed by atoms with Crippen molar-refractivity contribution in [1.82, 2.24) is 4.72 Å². The number of nitrogen functional groups attached to an aromatic ring is 1. The number of hydrogen-bond acceptors (Lipinski definition) is 4. The molecule has 0 spiro atoms. The van der Waals surface area contributed by atoms with E-state index in [2.05, 4.69) is 4.72 Å². The maximum Gasteiger partial charge on any atom is 0.242 e. The summed E-state index contributed by atoms with van der Waals surface area (Å²) in [6.45, 7) is 3.26. The van der Waals surface area contributed by atoms with Crippen molar-refractivity contribution in [2.75, 3.05) is 18.9 Å². The number of anilines is 1. The Morgan fingerprint density at radius 2 is 2.00 bits per heavy atom. The lowest BCUT2D eigenvalue weighted by Crippen LogP contribution is -2.28. The highest BCUT2D eigenvalue weighted by atomic mass is 32.2. The van der Waals surface area contributed by atoms with Crippen molar-refractivity contribution in [3.63, 3.8) is 0 Å². The zero-order chi connectivity index (χ0) is 12.3. The molecule has 90 valence electrons. The van der Waals surface area contributed by atoms with Crippen LogP contribution in [0.4, 0.5) is 5.69 Å². The Bertz CT molecular complexity index is 483. The summed E-state index contributed by atoms with van der Waals surface area (Å²) >= 11 is 0. The molecule has 0 fully saturated rings. The van der Waals surface area contributed by atoms with E-state index in [1.807, 2.05) is 6.92 Å². The fourth-order valence-electron chi connectivity index (χ4n) is 1.42. The van der Waals surface area contributed by atoms with Gasteiger partial charge in [-0.15, -0.1) is 0 Å². The van der Waals surface area contributed by atoms with Crippen molar-refractivity contribution < 1.29 is 13.5 Å². The van der Waals surface area contributed by atoms with Crippen LogP contribution in [0.15, 0.2) is 17.0 Å². The Hall–Kier alpha value is -1.11. The standard InChI is InChI=1S/C10H16N2O3S/c1-7-3-4-9(11)10(8(7)2)16(14,15)12-5-6-13/h3-4,12-13H,5-6,11H2,1-2H3. The van der Waals surface area contributed by atoms with E-state index in [0.29, 0.717) is 5.56 Å². The third-order valence-electron chi connectivity index (χ3n) is 2.38. The van der Waals surface area contributed by atoms with Crippen LogP contribution in [0, 0.1) is 13.8 Å². The predicted octanol–water partition coefficient (Wildman–Crippen LogP) is 0.156. The second-order valence-corrected chi connectivity index (χ2v) is 5.25. The molecule has 0 bridgehead atoms. The molecule has 0 saturated carbocycles. The second-order valence-electron chi connectivity index (χ2n) is 3.55. The number of hydrogen-bond donors (Lipinski definition) is 3. The van der Waals surface area contributed by atoms with E-state index in [0.717, 1.165) is 5.56 Å². The summed E-state index contributed by atoms with van der Waals surface area (Å²) in [5, 5.41) is 8.61. The first-order valence-corrected chi connectivity index (χ1v) is 6.34. The first-order chi connectivity index (χ1) is 7.40. The molecule has 0 heterocycles. The number of benzene rings is 1. The highest BCUT2D eigenvalue weighted by Crippen LogP contribution is 2.24. The number of aryl methyl sites for hydroxylation is 1. The zero-order valence-corrected chi connectivity index (χ0v) is 10.1. The molecule has 1 aromatic rings. The van der Waals surface area contributed by atoms with Crippen LogP contribution in [0.3, 0.4) is 0 Å². The van der Waals surface area contributed by atoms with Gasteiger partial charge in [-0.1, -0.05) is 6.07 Å². The van der Waals surface area contributed by atoms with Gasteiger partial charge in [0.1, 0.15) is 4.90 Å². The Labute approximate surface area is 95.3 Å². The Morgan fingerprint density at radius 3 is 2.56 bits per heavy atom. The van der Waals surface area contributed by atoms with Gasteiger partial charge >= 0.3 is 0 Å². The van der Waals surface area contributed by atoms with Crippen molar-refractivity contribution >= 4 is 15.7 Å². The molecule has 1 aromatic carbocycles. The van der Waals surface area contributed by atoms with Crippen LogP contribution in [-0.2, 0) is 10.0 Å². The molecule has 0 radical (unpaired) electrons. The molecule has 5 nitrogen and oxygen atoms in total. The van der Waals surface area contributed by atoms with Crippen molar-refractivity contribution in [2.24, 2.45) is 0 Å². The fraction of sp³-hybridized carbons (Fsp3) is 0.400. The van der Waals surface area contributed by atoms with E-state index in [9.17, 15) is 8.42 Å². The minimum absolute atomic E-state index is 0.0187. The minimum atomic E-state index is -3.64. The number of aliphatic hydroxyl groups is 1. The molecular weight excluding hydrogens is 228 g/mol. The van der Waals surface area contributed by atoms with E-state index >= 15 is 0 Å². The lowest BCUT2D eigenvalue weighted by Gasteiger charge is -2.12. The summed E-state index contributed by atoms with van der Waals surface area (Å²) in [6, 6.07) is 3.34. The molecule has 0 aliphatic carbocycles. The Balaban J connectivity index is 3.27. The summed E-state index contributed by atoms with van der Waals surface area (Å²) in [7, 11) is -3.64. The van der Waals surface area contributed by atoms with Gasteiger partial charge in [0.05, 0.1) is 12.3 Å². The van der Waals surface area contributed by atoms with Crippen molar-refractivity contribution in [3.05, 3.63) is 23.3 Å². The second kappa shape index (κ2) is 4.82. The van der Waals surface area contributed by atoms with Gasteiger partial charge in [0, 0.05) is 6.54 Å². The van der Waals surface area contributed by atoms with Gasteiger partial charge in [0.15, 0.2) is 0 Å². The third-order valence-corrected chi connectivity index (χ3v) is 4.04. The van der Waals surface area contributed by atoms with Gasteiger partial charge in [0.25, 0.3) is 0 Å². The van der Waals surface area contributed by atoms with Crippen LogP contribution in [0.2, 0.25) is 0 Å². The van der Waals surface area contributed by atoms with Gasteiger partial charge in [-0.2, -0.15) is 0 Å². The van der Waals surface area contributed by atoms with Crippen molar-refractivity contribution in [3.8, 4) is 0 Å². The molecule has 0 atom stereocenters. The van der Waals surface area contributed by atoms with Crippen LogP contribution < -0.4 is 10.5 Å². The first-order valence-electron chi connectivity index (χ1n) is 4.86. The molecule has 0 aromatic heterocycles. The molecular formula is C10H16N2O3S. The molecule has 0 amide bonds. The Morgan fingerprint density at radius 1 is 1.38 bits per heavy atom. The van der Waals surface area contributed by atoms with Gasteiger partial charge in [0.2, 0.25) is 10.0 Å². The average molecular weight is 244 g/mol. The van der Waals surface area contributed by atoms with Crippen LogP contribution >= 0.6 is 0 Å². The van der Waals surface area contributed by atoms with Crippen molar-refractivity contribution in [1.29, 1.82) is 0 Å². The molecule has 0 aliphatic rings. The number of nitrogens with two attached hydrogens (primary N) is 1. The van der Waals surface area contributed by atoms with E-state index in [1.165, 1.54) is 0 Å². The smallest absolute Gasteiger partial charge is 0.242 e. The lowest BCUT2D eigenvalue weighted by molar-refractivity contribution is 0.301. The Kier molecular flexibility index (Phi) is 3.90. The van der Waals surface area contributed by atoms with Gasteiger partial charge in [-0.25, -0.2) is 13.1 Å². The number of rotatable bonds is 4. The summed E-state index contributed by atoms with van der Waals surface area (Å²) in [6.07, 6.45) is 0. The highest BCUT2D eigenvalue weighted by Gasteiger charge is 2.20. The van der Waals surface area contributed by atoms with Crippen LogP contribution in [0.1, 0.15) is 11.1 Å². The SMILES string of the molecule is Cc1ccc(N)c(S(=O)(=O)NCCO)c1C. The maximum absolute atomic E-state index is 11.9. The molecule has 0 unspecified atom stereocenters. The van der Waals surface area contributed by atoms with Gasteiger partial charge in [-0.05, 0) is 31.0 Å². The monoisotopic (exact) mass is 244 g/mol. The molecule has 16 heavy (non-hydrogen) atoms. The van der Waals surface area contributed by atoms with Gasteiger partial charge in [-0.3, -0.25) is 0 Å². The quantitative estimate of drug-likeness (QED) is 0.658. The average Bonchev–Trinajstić information content (AvgIpc) is 2.21. The summed E-state index contributed by atoms with van der Waals surface area (Å²) < 4.78 is 26.0. The van der Waals surface area contributed by atoms with E-state index in [1.54, 1.807) is 19.1 Å². The number of aliphatic hydroxyl groups excluding tert-OH is 1. The topological polar surface area (TPSA) is 92.4 Å². The van der Waals surface area contributed by atoms with Crippen LogP contribution in [-0.4, -0.2) is 26.7 Å². The van der Waals surface area contributed by atoms with E-state index < -0.39 is 10.0 Å². The normalized spacial score (nSPS) is 11.7. The maximum atomic E-state index is 11.9. The third kappa shape index (κ3) is 2.52. The molecule has 0 aliphatic heterocycles. The number of nitrogens with one attached hydrogen (secondary N) is 1. The molecule has 6 heteroatoms. The highest BCUT2D eigenvalue weighted by molar-refractivity contribution is 7.89. The summed E-state index contributed by atoms with van der Waals surface area (Å²) in [5.74, 6) is 0. The zero-order valence-electron chi connectivity index (χ0n) is 9.32. The molecule has 1 rings (SSSR count). The largest absolute Gasteiger partial charge is 0.398 e. The summed E-state index contributed by atoms with van der Waals surface area (Å²) in [5.41, 5.74) is 7.37. The van der Waals surface area contributed by atoms with Gasteiger partial charge < -0.3 is 10.8 Å². The number of sulfonamides is 1. The van der Waals surface area contributed by atoms with E-state index in [4.69, 9.17) is 10.8 Å². The predicted molar refractivity (Wildman–Crippen MR) is 62.6 cm³/mol. The van der Waals surface area contributed by atoms with Crippen LogP contribution in [0.5, 0.6) is 0 Å². The van der Waals surface area contributed by atoms with Crippen molar-refractivity contribution in [2.45, 2.75) is 18.7 Å². The molecule has 4 N–H and O–H groups in total. The molecule has 0 saturated heterocycles. The minimum Gasteiger partial charge on any atom is -0.398 e. The summed E-state index contributed by atoms with van der Waals surface area (Å²) in [4.78, 5) is 0.0981. The van der Waals surface area contributed by atoms with E-state index in [-0.39, 0.29) is 23.7 Å². The van der Waals surface area contributed by atoms with Crippen LogP contribution in [0.25, 0.3) is 0 Å².